The number of piperidine rings is 1. The average molecular weight is 429 g/mol. The normalized spacial score (nSPS) is 39.7. The molecule has 2 bridgehead atoms. The summed E-state index contributed by atoms with van der Waals surface area (Å²) in [6.45, 7) is 0.671. The molecule has 2 fully saturated rings. The number of aliphatic hydroxyl groups is 3. The Balaban J connectivity index is 1.43. The highest BCUT2D eigenvalue weighted by Gasteiger charge is 2.61. The Labute approximate surface area is 180 Å². The van der Waals surface area contributed by atoms with E-state index in [9.17, 15) is 15.3 Å². The Morgan fingerprint density at radius 1 is 1.26 bits per heavy atom. The van der Waals surface area contributed by atoms with Crippen LogP contribution in [0.1, 0.15) is 24.0 Å². The fraction of sp³-hybridized carbons (Fsp3) is 0.565. The van der Waals surface area contributed by atoms with Crippen molar-refractivity contribution in [2.75, 3.05) is 20.3 Å². The fourth-order valence-corrected chi connectivity index (χ4v) is 6.07. The van der Waals surface area contributed by atoms with Gasteiger partial charge < -0.3 is 39.6 Å². The number of benzene rings is 1. The van der Waals surface area contributed by atoms with Crippen molar-refractivity contribution in [3.05, 3.63) is 46.7 Å². The van der Waals surface area contributed by atoms with Gasteiger partial charge in [-0.1, -0.05) is 12.1 Å². The zero-order chi connectivity index (χ0) is 21.3. The van der Waals surface area contributed by atoms with Gasteiger partial charge in [0, 0.05) is 17.5 Å². The number of nitrogens with one attached hydrogen (secondary N) is 1. The highest BCUT2D eigenvalue weighted by molar-refractivity contribution is 5.67. The highest BCUT2D eigenvalue weighted by Crippen LogP contribution is 2.61. The van der Waals surface area contributed by atoms with Gasteiger partial charge in [-0.2, -0.15) is 0 Å². The van der Waals surface area contributed by atoms with Crippen molar-refractivity contribution in [3.63, 3.8) is 0 Å². The van der Waals surface area contributed by atoms with E-state index in [-0.39, 0.29) is 30.6 Å². The summed E-state index contributed by atoms with van der Waals surface area (Å²) in [5.74, 6) is 1.53. The maximum absolute atomic E-state index is 9.97. The Morgan fingerprint density at radius 3 is 2.94 bits per heavy atom. The SMILES string of the molecule is COC1=CC=C2C3Cc4ccc(OC5O[C@H](O)C(O)CC5CO)c5c4C2(CCN3)[C@H]1O5. The second-order valence-corrected chi connectivity index (χ2v) is 9.01. The number of hydrogen-bond donors (Lipinski definition) is 4. The summed E-state index contributed by atoms with van der Waals surface area (Å²) in [6.07, 6.45) is 2.58. The molecular formula is C23H27NO7. The first-order chi connectivity index (χ1) is 15.1. The zero-order valence-electron chi connectivity index (χ0n) is 17.3. The third-order valence-electron chi connectivity index (χ3n) is 7.49. The van der Waals surface area contributed by atoms with Crippen LogP contribution in [0.3, 0.4) is 0 Å². The first kappa shape index (κ1) is 19.6. The molecule has 31 heavy (non-hydrogen) atoms. The van der Waals surface area contributed by atoms with E-state index in [0.717, 1.165) is 30.7 Å². The van der Waals surface area contributed by atoms with Gasteiger partial charge in [-0.25, -0.2) is 0 Å². The lowest BCUT2D eigenvalue weighted by Gasteiger charge is -2.49. The molecule has 166 valence electrons. The summed E-state index contributed by atoms with van der Waals surface area (Å²) in [5.41, 5.74) is 3.43. The van der Waals surface area contributed by atoms with Crippen molar-refractivity contribution in [2.45, 2.75) is 55.5 Å². The molecule has 8 heteroatoms. The molecule has 8 nitrogen and oxygen atoms in total. The van der Waals surface area contributed by atoms with Crippen LogP contribution in [-0.2, 0) is 21.3 Å². The van der Waals surface area contributed by atoms with E-state index >= 15 is 0 Å². The lowest BCUT2D eigenvalue weighted by atomic mass is 9.58. The summed E-state index contributed by atoms with van der Waals surface area (Å²) in [7, 11) is 1.67. The minimum atomic E-state index is -1.36. The van der Waals surface area contributed by atoms with Gasteiger partial charge in [-0.15, -0.1) is 0 Å². The molecule has 1 aromatic carbocycles. The second kappa shape index (κ2) is 6.95. The van der Waals surface area contributed by atoms with Crippen LogP contribution in [0.5, 0.6) is 11.5 Å². The zero-order valence-corrected chi connectivity index (χ0v) is 17.3. The van der Waals surface area contributed by atoms with E-state index in [1.165, 1.54) is 11.1 Å². The van der Waals surface area contributed by atoms with Gasteiger partial charge in [0.1, 0.15) is 11.9 Å². The van der Waals surface area contributed by atoms with Crippen molar-refractivity contribution in [1.82, 2.24) is 5.32 Å². The van der Waals surface area contributed by atoms with Crippen LogP contribution in [0.2, 0.25) is 0 Å². The van der Waals surface area contributed by atoms with Crippen LogP contribution in [0, 0.1) is 5.92 Å². The summed E-state index contributed by atoms with van der Waals surface area (Å²) >= 11 is 0. The molecule has 1 spiro atoms. The number of rotatable bonds is 4. The Hall–Kier alpha value is -2.10. The van der Waals surface area contributed by atoms with Crippen molar-refractivity contribution >= 4 is 0 Å². The van der Waals surface area contributed by atoms with E-state index in [2.05, 4.69) is 17.5 Å². The molecule has 5 aliphatic rings. The van der Waals surface area contributed by atoms with E-state index in [1.54, 1.807) is 7.11 Å². The molecule has 0 aromatic heterocycles. The third kappa shape index (κ3) is 2.60. The van der Waals surface area contributed by atoms with Gasteiger partial charge in [0.05, 0.1) is 19.1 Å². The summed E-state index contributed by atoms with van der Waals surface area (Å²) < 4.78 is 23.9. The molecule has 7 atom stereocenters. The van der Waals surface area contributed by atoms with Crippen molar-refractivity contribution in [3.8, 4) is 11.5 Å². The molecule has 5 unspecified atom stereocenters. The Kier molecular flexibility index (Phi) is 4.39. The quantitative estimate of drug-likeness (QED) is 0.548. The largest absolute Gasteiger partial charge is 0.497 e. The smallest absolute Gasteiger partial charge is 0.207 e. The predicted octanol–water partition coefficient (Wildman–Crippen LogP) is 0.487. The predicted molar refractivity (Wildman–Crippen MR) is 109 cm³/mol. The van der Waals surface area contributed by atoms with Crippen molar-refractivity contribution < 1.29 is 34.3 Å². The number of ether oxygens (including phenoxy) is 4. The average Bonchev–Trinajstić information content (AvgIpc) is 3.11. The van der Waals surface area contributed by atoms with Gasteiger partial charge in [0.2, 0.25) is 6.29 Å². The van der Waals surface area contributed by atoms with Crippen LogP contribution >= 0.6 is 0 Å². The van der Waals surface area contributed by atoms with Crippen LogP contribution in [0.4, 0.5) is 0 Å². The Morgan fingerprint density at radius 2 is 2.13 bits per heavy atom. The number of allylic oxidation sites excluding steroid dienone is 2. The van der Waals surface area contributed by atoms with Crippen LogP contribution in [0.25, 0.3) is 0 Å². The van der Waals surface area contributed by atoms with E-state index in [0.29, 0.717) is 11.5 Å². The van der Waals surface area contributed by atoms with Crippen molar-refractivity contribution in [2.24, 2.45) is 5.92 Å². The van der Waals surface area contributed by atoms with Crippen LogP contribution in [0.15, 0.2) is 35.6 Å². The molecule has 6 rings (SSSR count). The molecule has 0 radical (unpaired) electrons. The summed E-state index contributed by atoms with van der Waals surface area (Å²) in [4.78, 5) is 0. The van der Waals surface area contributed by atoms with E-state index in [1.807, 2.05) is 12.1 Å². The molecule has 4 N–H and O–H groups in total. The molecule has 0 saturated carbocycles. The second-order valence-electron chi connectivity index (χ2n) is 9.01. The molecule has 1 aromatic rings. The Bertz CT molecular complexity index is 975. The fourth-order valence-electron chi connectivity index (χ4n) is 6.07. The first-order valence-electron chi connectivity index (χ1n) is 10.9. The van der Waals surface area contributed by atoms with Crippen LogP contribution < -0.4 is 14.8 Å². The molecule has 3 heterocycles. The van der Waals surface area contributed by atoms with Gasteiger partial charge in [-0.05, 0) is 49.1 Å². The number of aliphatic hydroxyl groups excluding tert-OH is 3. The monoisotopic (exact) mass is 429 g/mol. The lowest BCUT2D eigenvalue weighted by Crippen LogP contribution is -2.58. The van der Waals surface area contributed by atoms with Gasteiger partial charge in [0.25, 0.3) is 0 Å². The molecule has 0 amide bonds. The molecule has 3 aliphatic heterocycles. The summed E-state index contributed by atoms with van der Waals surface area (Å²) in [5, 5.41) is 33.2. The maximum atomic E-state index is 9.97. The van der Waals surface area contributed by atoms with Gasteiger partial charge in [-0.3, -0.25) is 0 Å². The van der Waals surface area contributed by atoms with Gasteiger partial charge >= 0.3 is 0 Å². The molecule has 2 saturated heterocycles. The van der Waals surface area contributed by atoms with Crippen molar-refractivity contribution in [1.29, 1.82) is 0 Å². The first-order valence-corrected chi connectivity index (χ1v) is 10.9. The molecule has 2 aliphatic carbocycles. The summed E-state index contributed by atoms with van der Waals surface area (Å²) in [6, 6.07) is 4.22. The highest BCUT2D eigenvalue weighted by atomic mass is 16.7. The van der Waals surface area contributed by atoms with Gasteiger partial charge in [0.15, 0.2) is 23.9 Å². The minimum Gasteiger partial charge on any atom is -0.497 e. The maximum Gasteiger partial charge on any atom is 0.207 e. The van der Waals surface area contributed by atoms with E-state index < -0.39 is 24.6 Å². The number of methoxy groups -OCH3 is 1. The molecular weight excluding hydrogens is 402 g/mol. The number of hydrogen-bond acceptors (Lipinski definition) is 8. The lowest BCUT2D eigenvalue weighted by molar-refractivity contribution is -0.283. The minimum absolute atomic E-state index is 0.187. The topological polar surface area (TPSA) is 110 Å². The third-order valence-corrected chi connectivity index (χ3v) is 7.49. The standard InChI is InChI=1S/C23H27NO7/c1-28-17-5-3-13-14-8-11-2-4-16(29-22-12(10-25)9-15(26)21(27)31-22)19-18(11)23(13,6-7-24-14)20(17)30-19/h2-5,12,14-15,20-22,24-27H,6-10H2,1H3/t12?,14?,15?,20-,21-,22?,23?/m0/s1. The van der Waals surface area contributed by atoms with Crippen LogP contribution in [-0.4, -0.2) is 66.4 Å². The van der Waals surface area contributed by atoms with E-state index in [4.69, 9.17) is 18.9 Å².